The summed E-state index contributed by atoms with van der Waals surface area (Å²) in [5.41, 5.74) is 0. The van der Waals surface area contributed by atoms with Gasteiger partial charge in [0.2, 0.25) is 5.92 Å². The summed E-state index contributed by atoms with van der Waals surface area (Å²) in [5.74, 6) is -5.64. The monoisotopic (exact) mass is 236 g/mol. The van der Waals surface area contributed by atoms with E-state index in [-0.39, 0.29) is 6.42 Å². The smallest absolute Gasteiger partial charge is 0.299 e. The lowest BCUT2D eigenvalue weighted by Gasteiger charge is -2.21. The average Bonchev–Trinajstić information content (AvgIpc) is 1.94. The molecule has 0 aliphatic heterocycles. The Labute approximate surface area is 82.4 Å². The van der Waals surface area contributed by atoms with Crippen LogP contribution in [-0.4, -0.2) is 18.1 Å². The van der Waals surface area contributed by atoms with Crippen LogP contribution >= 0.6 is 0 Å². The fourth-order valence-electron chi connectivity index (χ4n) is 1.05. The Kier molecular flexibility index (Phi) is 4.61. The highest BCUT2D eigenvalue weighted by Gasteiger charge is 2.60. The van der Waals surface area contributed by atoms with Crippen molar-refractivity contribution in [2.45, 2.75) is 38.5 Å². The molecule has 0 fully saturated rings. The van der Waals surface area contributed by atoms with Gasteiger partial charge < -0.3 is 0 Å². The minimum atomic E-state index is -5.55. The summed E-state index contributed by atoms with van der Waals surface area (Å²) in [7, 11) is 0. The number of rotatable bonds is 4. The molecule has 7 heteroatoms. The maximum Gasteiger partial charge on any atom is 0.407 e. The largest absolute Gasteiger partial charge is 0.407 e. The van der Waals surface area contributed by atoms with E-state index in [1.807, 2.05) is 0 Å². The number of halogens is 6. The van der Waals surface area contributed by atoms with Crippen LogP contribution in [0.3, 0.4) is 0 Å². The summed E-state index contributed by atoms with van der Waals surface area (Å²) in [6, 6.07) is 0. The Balaban J connectivity index is 4.74. The van der Waals surface area contributed by atoms with Crippen LogP contribution in [0.25, 0.3) is 0 Å². The number of hydrogen-bond donors (Lipinski definition) is 0. The Bertz CT molecular complexity index is 202. The van der Waals surface area contributed by atoms with Crippen molar-refractivity contribution in [2.75, 3.05) is 0 Å². The molecule has 0 heterocycles. The van der Waals surface area contributed by atoms with Crippen molar-refractivity contribution in [3.05, 3.63) is 0 Å². The van der Waals surface area contributed by atoms with Gasteiger partial charge in [-0.1, -0.05) is 13.3 Å². The van der Waals surface area contributed by atoms with Crippen molar-refractivity contribution < 1.29 is 31.1 Å². The van der Waals surface area contributed by atoms with Gasteiger partial charge in [0.25, 0.3) is 0 Å². The highest BCUT2D eigenvalue weighted by Crippen LogP contribution is 2.40. The molecule has 0 bridgehead atoms. The minimum Gasteiger partial charge on any atom is -0.299 e. The van der Waals surface area contributed by atoms with Gasteiger partial charge in [-0.15, -0.1) is 0 Å². The first-order valence-electron chi connectivity index (χ1n) is 4.26. The molecule has 0 atom stereocenters. The van der Waals surface area contributed by atoms with Gasteiger partial charge >= 0.3 is 12.4 Å². The third-order valence-electron chi connectivity index (χ3n) is 1.75. The lowest BCUT2D eigenvalue weighted by molar-refractivity contribution is -0.273. The van der Waals surface area contributed by atoms with E-state index in [1.54, 1.807) is 6.92 Å². The minimum absolute atomic E-state index is 0.0293. The summed E-state index contributed by atoms with van der Waals surface area (Å²) in [6.45, 7) is 1.57. The highest BCUT2D eigenvalue weighted by atomic mass is 19.4. The first kappa shape index (κ1) is 14.2. The summed E-state index contributed by atoms with van der Waals surface area (Å²) in [6.07, 6.45) is -11.4. The Hall–Kier alpha value is -0.750. The maximum absolute atomic E-state index is 12.0. The number of Topliss-reactive ketones (excluding diaryl/α,β-unsaturated/α-hetero) is 1. The Morgan fingerprint density at radius 2 is 1.47 bits per heavy atom. The topological polar surface area (TPSA) is 17.1 Å². The summed E-state index contributed by atoms with van der Waals surface area (Å²) >= 11 is 0. The van der Waals surface area contributed by atoms with Gasteiger partial charge in [0.15, 0.2) is 5.78 Å². The van der Waals surface area contributed by atoms with E-state index >= 15 is 0 Å². The quantitative estimate of drug-likeness (QED) is 0.683. The third kappa shape index (κ3) is 4.53. The van der Waals surface area contributed by atoms with Crippen LogP contribution in [0.5, 0.6) is 0 Å². The average molecular weight is 236 g/mol. The normalized spacial score (nSPS) is 13.3. The van der Waals surface area contributed by atoms with Gasteiger partial charge in [0.1, 0.15) is 0 Å². The number of carbonyl (C=O) groups excluding carboxylic acids is 1. The first-order valence-corrected chi connectivity index (χ1v) is 4.26. The predicted octanol–water partition coefficient (Wildman–Crippen LogP) is 3.49. The van der Waals surface area contributed by atoms with Crippen molar-refractivity contribution in [1.82, 2.24) is 0 Å². The predicted molar refractivity (Wildman–Crippen MR) is 40.1 cm³/mol. The molecule has 0 N–H and O–H groups in total. The van der Waals surface area contributed by atoms with Crippen LogP contribution in [0.4, 0.5) is 26.3 Å². The second kappa shape index (κ2) is 4.85. The van der Waals surface area contributed by atoms with Crippen LogP contribution in [-0.2, 0) is 4.79 Å². The van der Waals surface area contributed by atoms with E-state index in [1.165, 1.54) is 0 Å². The van der Waals surface area contributed by atoms with E-state index in [0.29, 0.717) is 6.42 Å². The number of hydrogen-bond acceptors (Lipinski definition) is 1. The standard InChI is InChI=1S/C8H10F6O/c1-2-3-4-5(15)6(7(9,10)11)8(12,13)14/h6H,2-4H2,1H3. The fourth-order valence-corrected chi connectivity index (χ4v) is 1.05. The molecular formula is C8H10F6O. The van der Waals surface area contributed by atoms with Gasteiger partial charge in [-0.25, -0.2) is 0 Å². The van der Waals surface area contributed by atoms with E-state index in [2.05, 4.69) is 0 Å². The molecule has 90 valence electrons. The van der Waals surface area contributed by atoms with Crippen LogP contribution in [0.2, 0.25) is 0 Å². The summed E-state index contributed by atoms with van der Waals surface area (Å²) in [4.78, 5) is 10.8. The van der Waals surface area contributed by atoms with Gasteiger partial charge in [0, 0.05) is 6.42 Å². The van der Waals surface area contributed by atoms with E-state index in [0.717, 1.165) is 0 Å². The first-order chi connectivity index (χ1) is 6.60. The molecule has 0 aliphatic rings. The molecule has 1 nitrogen and oxygen atoms in total. The van der Waals surface area contributed by atoms with Crippen LogP contribution in [0.1, 0.15) is 26.2 Å². The number of unbranched alkanes of at least 4 members (excludes halogenated alkanes) is 1. The Morgan fingerprint density at radius 1 is 1.07 bits per heavy atom. The molecule has 0 saturated carbocycles. The molecule has 0 radical (unpaired) electrons. The fraction of sp³-hybridized carbons (Fsp3) is 0.875. The lowest BCUT2D eigenvalue weighted by Crippen LogP contribution is -2.42. The molecule has 0 aromatic heterocycles. The molecule has 0 aromatic rings. The van der Waals surface area contributed by atoms with Crippen LogP contribution < -0.4 is 0 Å². The van der Waals surface area contributed by atoms with Crippen molar-refractivity contribution in [1.29, 1.82) is 0 Å². The van der Waals surface area contributed by atoms with Gasteiger partial charge in [-0.3, -0.25) is 4.79 Å². The molecule has 0 aromatic carbocycles. The van der Waals surface area contributed by atoms with Gasteiger partial charge in [-0.2, -0.15) is 26.3 Å². The molecule has 0 saturated heterocycles. The maximum atomic E-state index is 12.0. The molecule has 0 aliphatic carbocycles. The van der Waals surface area contributed by atoms with Crippen molar-refractivity contribution >= 4 is 5.78 Å². The number of carbonyl (C=O) groups is 1. The number of alkyl halides is 6. The van der Waals surface area contributed by atoms with E-state index in [9.17, 15) is 31.1 Å². The molecule has 15 heavy (non-hydrogen) atoms. The zero-order valence-corrected chi connectivity index (χ0v) is 7.87. The lowest BCUT2D eigenvalue weighted by atomic mass is 9.98. The van der Waals surface area contributed by atoms with Gasteiger partial charge in [0.05, 0.1) is 0 Å². The Morgan fingerprint density at radius 3 is 1.73 bits per heavy atom. The molecular weight excluding hydrogens is 226 g/mol. The van der Waals surface area contributed by atoms with Crippen LogP contribution in [0, 0.1) is 5.92 Å². The molecule has 0 unspecified atom stereocenters. The van der Waals surface area contributed by atoms with Gasteiger partial charge in [-0.05, 0) is 6.42 Å². The zero-order chi connectivity index (χ0) is 12.3. The van der Waals surface area contributed by atoms with Crippen LogP contribution in [0.15, 0.2) is 0 Å². The van der Waals surface area contributed by atoms with E-state index in [4.69, 9.17) is 0 Å². The highest BCUT2D eigenvalue weighted by molar-refractivity contribution is 5.82. The summed E-state index contributed by atoms with van der Waals surface area (Å²) in [5, 5.41) is 0. The molecule has 0 rings (SSSR count). The number of ketones is 1. The zero-order valence-electron chi connectivity index (χ0n) is 7.87. The third-order valence-corrected chi connectivity index (χ3v) is 1.75. The van der Waals surface area contributed by atoms with Crippen molar-refractivity contribution in [3.63, 3.8) is 0 Å². The SMILES string of the molecule is CCCCC(=O)C(C(F)(F)F)C(F)(F)F. The molecule has 0 amide bonds. The molecule has 0 spiro atoms. The van der Waals surface area contributed by atoms with Crippen molar-refractivity contribution in [2.24, 2.45) is 5.92 Å². The van der Waals surface area contributed by atoms with E-state index < -0.39 is 30.5 Å². The second-order valence-corrected chi connectivity index (χ2v) is 3.09. The summed E-state index contributed by atoms with van der Waals surface area (Å²) < 4.78 is 71.7. The van der Waals surface area contributed by atoms with Crippen molar-refractivity contribution in [3.8, 4) is 0 Å². The second-order valence-electron chi connectivity index (χ2n) is 3.09.